The molecular formula is C8H12Cl2N2. The van der Waals surface area contributed by atoms with E-state index in [0.717, 1.165) is 5.56 Å². The highest BCUT2D eigenvalue weighted by Gasteiger charge is 2.24. The van der Waals surface area contributed by atoms with Crippen LogP contribution < -0.4 is 0 Å². The van der Waals surface area contributed by atoms with Crippen molar-refractivity contribution in [3.8, 4) is 0 Å². The zero-order valence-electron chi connectivity index (χ0n) is 7.65. The lowest BCUT2D eigenvalue weighted by molar-refractivity contribution is 0.589. The number of hydrogen-bond acceptors (Lipinski definition) is 1. The number of nitrogens with zero attached hydrogens (tertiary/aromatic N) is 2. The summed E-state index contributed by atoms with van der Waals surface area (Å²) in [6.45, 7) is 6.17. The minimum Gasteiger partial charge on any atom is -0.255 e. The molecule has 0 atom stereocenters. The van der Waals surface area contributed by atoms with Crippen LogP contribution in [0.15, 0.2) is 0 Å². The van der Waals surface area contributed by atoms with Gasteiger partial charge in [0.1, 0.15) is 5.15 Å². The highest BCUT2D eigenvalue weighted by Crippen LogP contribution is 2.34. The molecule has 4 heteroatoms. The first-order valence-corrected chi connectivity index (χ1v) is 4.48. The van der Waals surface area contributed by atoms with E-state index in [1.54, 1.807) is 11.7 Å². The summed E-state index contributed by atoms with van der Waals surface area (Å²) in [7, 11) is 1.78. The topological polar surface area (TPSA) is 17.8 Å². The van der Waals surface area contributed by atoms with Crippen LogP contribution in [0, 0.1) is 0 Å². The molecule has 0 aliphatic carbocycles. The number of rotatable bonds is 0. The Balaban J connectivity index is 3.32. The molecule has 1 heterocycles. The minimum atomic E-state index is -0.0531. The van der Waals surface area contributed by atoms with Crippen molar-refractivity contribution >= 4 is 23.2 Å². The third-order valence-corrected chi connectivity index (χ3v) is 2.38. The van der Waals surface area contributed by atoms with Crippen LogP contribution in [0.5, 0.6) is 0 Å². The van der Waals surface area contributed by atoms with Gasteiger partial charge in [-0.25, -0.2) is 0 Å². The van der Waals surface area contributed by atoms with Gasteiger partial charge >= 0.3 is 0 Å². The Kier molecular flexibility index (Phi) is 2.41. The van der Waals surface area contributed by atoms with Gasteiger partial charge < -0.3 is 0 Å². The Bertz CT molecular complexity index is 297. The van der Waals surface area contributed by atoms with Crippen molar-refractivity contribution in [2.24, 2.45) is 7.05 Å². The second-order valence-corrected chi connectivity index (χ2v) is 4.55. The van der Waals surface area contributed by atoms with E-state index in [1.165, 1.54) is 0 Å². The van der Waals surface area contributed by atoms with Crippen LogP contribution in [0.25, 0.3) is 0 Å². The van der Waals surface area contributed by atoms with E-state index in [0.29, 0.717) is 10.3 Å². The monoisotopic (exact) mass is 206 g/mol. The van der Waals surface area contributed by atoms with Crippen molar-refractivity contribution in [1.29, 1.82) is 0 Å². The normalized spacial score (nSPS) is 12.2. The maximum absolute atomic E-state index is 6.01. The summed E-state index contributed by atoms with van der Waals surface area (Å²) in [5.41, 5.74) is 0.857. The van der Waals surface area contributed by atoms with Crippen LogP contribution in [-0.2, 0) is 12.5 Å². The molecule has 0 amide bonds. The standard InChI is InChI=1S/C8H12Cl2N2/c1-8(2,3)5-6(9)11-12(4)7(5)10/h1-4H3. The molecule has 2 nitrogen and oxygen atoms in total. The summed E-state index contributed by atoms with van der Waals surface area (Å²) < 4.78 is 1.59. The minimum absolute atomic E-state index is 0.0531. The summed E-state index contributed by atoms with van der Waals surface area (Å²) in [5, 5.41) is 5.14. The quantitative estimate of drug-likeness (QED) is 0.639. The Hall–Kier alpha value is -0.210. The zero-order chi connectivity index (χ0) is 9.52. The van der Waals surface area contributed by atoms with Crippen LogP contribution in [0.4, 0.5) is 0 Å². The number of aryl methyl sites for hydroxylation is 1. The van der Waals surface area contributed by atoms with Gasteiger partial charge in [-0.05, 0) is 5.41 Å². The van der Waals surface area contributed by atoms with Crippen molar-refractivity contribution in [3.63, 3.8) is 0 Å². The van der Waals surface area contributed by atoms with Gasteiger partial charge in [0.25, 0.3) is 0 Å². The molecule has 68 valence electrons. The van der Waals surface area contributed by atoms with Gasteiger partial charge in [0, 0.05) is 12.6 Å². The molecule has 12 heavy (non-hydrogen) atoms. The number of aromatic nitrogens is 2. The first-order chi connectivity index (χ1) is 5.34. The molecule has 1 rings (SSSR count). The van der Waals surface area contributed by atoms with Gasteiger partial charge in [-0.1, -0.05) is 44.0 Å². The summed E-state index contributed by atoms with van der Waals surface area (Å²) >= 11 is 11.9. The van der Waals surface area contributed by atoms with Gasteiger partial charge in [0.2, 0.25) is 0 Å². The van der Waals surface area contributed by atoms with Crippen molar-refractivity contribution in [2.45, 2.75) is 26.2 Å². The first-order valence-electron chi connectivity index (χ1n) is 3.72. The SMILES string of the molecule is Cn1nc(Cl)c(C(C)(C)C)c1Cl. The number of halogens is 2. The van der Waals surface area contributed by atoms with Crippen LogP contribution >= 0.6 is 23.2 Å². The largest absolute Gasteiger partial charge is 0.255 e. The van der Waals surface area contributed by atoms with E-state index in [-0.39, 0.29) is 5.41 Å². The predicted molar refractivity (Wildman–Crippen MR) is 51.9 cm³/mol. The van der Waals surface area contributed by atoms with Crippen molar-refractivity contribution in [2.75, 3.05) is 0 Å². The summed E-state index contributed by atoms with van der Waals surface area (Å²) in [5.74, 6) is 0. The van der Waals surface area contributed by atoms with Gasteiger partial charge in [0.05, 0.1) is 0 Å². The summed E-state index contributed by atoms with van der Waals surface area (Å²) in [6, 6.07) is 0. The lowest BCUT2D eigenvalue weighted by Gasteiger charge is -2.17. The highest BCUT2D eigenvalue weighted by atomic mass is 35.5. The van der Waals surface area contributed by atoms with Gasteiger partial charge in [0.15, 0.2) is 5.15 Å². The van der Waals surface area contributed by atoms with Crippen molar-refractivity contribution in [3.05, 3.63) is 15.9 Å². The van der Waals surface area contributed by atoms with Crippen LogP contribution in [0.2, 0.25) is 10.3 Å². The lowest BCUT2D eigenvalue weighted by atomic mass is 9.90. The van der Waals surface area contributed by atoms with Gasteiger partial charge in [-0.15, -0.1) is 0 Å². The molecule has 0 aliphatic heterocycles. The molecule has 0 fully saturated rings. The van der Waals surface area contributed by atoms with Crippen LogP contribution in [-0.4, -0.2) is 9.78 Å². The predicted octanol–water partition coefficient (Wildman–Crippen LogP) is 3.02. The molecular weight excluding hydrogens is 195 g/mol. The fourth-order valence-corrected chi connectivity index (χ4v) is 2.04. The lowest BCUT2D eigenvalue weighted by Crippen LogP contribution is -2.11. The Labute approximate surface area is 82.5 Å². The smallest absolute Gasteiger partial charge is 0.156 e. The Morgan fingerprint density at radius 3 is 1.92 bits per heavy atom. The summed E-state index contributed by atoms with van der Waals surface area (Å²) in [6.07, 6.45) is 0. The molecule has 0 aromatic carbocycles. The van der Waals surface area contributed by atoms with E-state index in [1.807, 2.05) is 0 Å². The third kappa shape index (κ3) is 1.59. The van der Waals surface area contributed by atoms with Crippen molar-refractivity contribution < 1.29 is 0 Å². The highest BCUT2D eigenvalue weighted by molar-refractivity contribution is 6.35. The molecule has 1 aromatic heterocycles. The molecule has 0 aliphatic rings. The Morgan fingerprint density at radius 1 is 1.25 bits per heavy atom. The van der Waals surface area contributed by atoms with Crippen LogP contribution in [0.1, 0.15) is 26.3 Å². The maximum atomic E-state index is 6.01. The third-order valence-electron chi connectivity index (χ3n) is 1.68. The van der Waals surface area contributed by atoms with E-state index in [4.69, 9.17) is 23.2 Å². The molecule has 0 saturated carbocycles. The van der Waals surface area contributed by atoms with Crippen LogP contribution in [0.3, 0.4) is 0 Å². The van der Waals surface area contributed by atoms with E-state index < -0.39 is 0 Å². The fourth-order valence-electron chi connectivity index (χ4n) is 1.09. The zero-order valence-corrected chi connectivity index (χ0v) is 9.16. The van der Waals surface area contributed by atoms with E-state index >= 15 is 0 Å². The molecule has 0 bridgehead atoms. The number of hydrogen-bond donors (Lipinski definition) is 0. The average molecular weight is 207 g/mol. The second-order valence-electron chi connectivity index (χ2n) is 3.83. The van der Waals surface area contributed by atoms with E-state index in [9.17, 15) is 0 Å². The van der Waals surface area contributed by atoms with Gasteiger partial charge in [-0.2, -0.15) is 5.10 Å². The maximum Gasteiger partial charge on any atom is 0.156 e. The fraction of sp³-hybridized carbons (Fsp3) is 0.625. The van der Waals surface area contributed by atoms with E-state index in [2.05, 4.69) is 25.9 Å². The molecule has 0 unspecified atom stereocenters. The molecule has 0 radical (unpaired) electrons. The summed E-state index contributed by atoms with van der Waals surface area (Å²) in [4.78, 5) is 0. The molecule has 1 aromatic rings. The second kappa shape index (κ2) is 2.93. The van der Waals surface area contributed by atoms with Gasteiger partial charge in [-0.3, -0.25) is 4.68 Å². The molecule has 0 spiro atoms. The molecule has 0 N–H and O–H groups in total. The Morgan fingerprint density at radius 2 is 1.75 bits per heavy atom. The first kappa shape index (κ1) is 9.87. The average Bonchev–Trinajstić information content (AvgIpc) is 2.05. The molecule has 0 saturated heterocycles. The van der Waals surface area contributed by atoms with Crippen molar-refractivity contribution in [1.82, 2.24) is 9.78 Å².